The van der Waals surface area contributed by atoms with Crippen molar-refractivity contribution in [2.24, 2.45) is 11.8 Å². The van der Waals surface area contributed by atoms with Gasteiger partial charge in [0.15, 0.2) is 6.10 Å². The SMILES string of the molecule is CCCCCCCCCCCC(=O)OCC(COC(=O)CCCCC(C)CCCCCC)OC(=O)CCCCC(C)CCCCCC. The van der Waals surface area contributed by atoms with Gasteiger partial charge in [-0.1, -0.05) is 176 Å². The third kappa shape index (κ3) is 32.7. The minimum Gasteiger partial charge on any atom is -0.462 e. The second kappa shape index (κ2) is 34.3. The van der Waals surface area contributed by atoms with E-state index in [9.17, 15) is 14.4 Å². The Kier molecular flexibility index (Phi) is 33.1. The van der Waals surface area contributed by atoms with Crippen LogP contribution in [0.5, 0.6) is 0 Å². The van der Waals surface area contributed by atoms with E-state index in [4.69, 9.17) is 14.2 Å². The molecule has 0 aromatic rings. The first-order chi connectivity index (χ1) is 22.8. The number of carbonyl (C=O) groups excluding carboxylic acids is 3. The normalized spacial score (nSPS) is 13.2. The van der Waals surface area contributed by atoms with E-state index in [-0.39, 0.29) is 31.1 Å². The quantitative estimate of drug-likeness (QED) is 0.0380. The van der Waals surface area contributed by atoms with E-state index in [1.165, 1.54) is 103 Å². The number of esters is 3. The van der Waals surface area contributed by atoms with Crippen molar-refractivity contribution in [1.29, 1.82) is 0 Å². The van der Waals surface area contributed by atoms with Gasteiger partial charge in [-0.15, -0.1) is 0 Å². The third-order valence-electron chi connectivity index (χ3n) is 9.40. The first-order valence-corrected chi connectivity index (χ1v) is 20.3. The van der Waals surface area contributed by atoms with Crippen LogP contribution in [-0.2, 0) is 28.6 Å². The Morgan fingerprint density at radius 3 is 1.11 bits per heavy atom. The number of ether oxygens (including phenoxy) is 3. The first kappa shape index (κ1) is 45.4. The summed E-state index contributed by atoms with van der Waals surface area (Å²) in [6.45, 7) is 11.2. The van der Waals surface area contributed by atoms with Crippen LogP contribution in [0.4, 0.5) is 0 Å². The molecule has 0 N–H and O–H groups in total. The lowest BCUT2D eigenvalue weighted by Gasteiger charge is -2.18. The lowest BCUT2D eigenvalue weighted by molar-refractivity contribution is -0.167. The van der Waals surface area contributed by atoms with Crippen LogP contribution >= 0.6 is 0 Å². The summed E-state index contributed by atoms with van der Waals surface area (Å²) < 4.78 is 16.7. The molecule has 0 fully saturated rings. The lowest BCUT2D eigenvalue weighted by atomic mass is 9.96. The van der Waals surface area contributed by atoms with E-state index in [0.29, 0.717) is 31.1 Å². The maximum absolute atomic E-state index is 12.7. The van der Waals surface area contributed by atoms with Gasteiger partial charge in [-0.2, -0.15) is 0 Å². The van der Waals surface area contributed by atoms with E-state index >= 15 is 0 Å². The van der Waals surface area contributed by atoms with Crippen molar-refractivity contribution in [1.82, 2.24) is 0 Å². The molecule has 0 heterocycles. The molecule has 0 saturated carbocycles. The average Bonchev–Trinajstić information content (AvgIpc) is 3.06. The summed E-state index contributed by atoms with van der Waals surface area (Å²) in [6, 6.07) is 0. The number of hydrogen-bond acceptors (Lipinski definition) is 6. The van der Waals surface area contributed by atoms with E-state index in [0.717, 1.165) is 57.8 Å². The highest BCUT2D eigenvalue weighted by Crippen LogP contribution is 2.19. The predicted octanol–water partition coefficient (Wildman–Crippen LogP) is 12.2. The molecule has 0 amide bonds. The van der Waals surface area contributed by atoms with Gasteiger partial charge >= 0.3 is 17.9 Å². The monoisotopic (exact) mass is 667 g/mol. The molecule has 0 bridgehead atoms. The summed E-state index contributed by atoms with van der Waals surface area (Å²) in [5.41, 5.74) is 0. The third-order valence-corrected chi connectivity index (χ3v) is 9.40. The van der Waals surface area contributed by atoms with Crippen molar-refractivity contribution in [2.75, 3.05) is 13.2 Å². The van der Waals surface area contributed by atoms with Crippen molar-refractivity contribution in [3.63, 3.8) is 0 Å². The Balaban J connectivity index is 4.50. The number of carbonyl (C=O) groups is 3. The summed E-state index contributed by atoms with van der Waals surface area (Å²) in [5, 5.41) is 0. The molecular formula is C41H78O6. The molecule has 0 saturated heterocycles. The van der Waals surface area contributed by atoms with Crippen LogP contribution in [0.25, 0.3) is 0 Å². The van der Waals surface area contributed by atoms with Crippen LogP contribution in [0.1, 0.15) is 214 Å². The van der Waals surface area contributed by atoms with E-state index in [1.54, 1.807) is 0 Å². The molecule has 6 nitrogen and oxygen atoms in total. The van der Waals surface area contributed by atoms with Gasteiger partial charge in [0.1, 0.15) is 13.2 Å². The van der Waals surface area contributed by atoms with Crippen molar-refractivity contribution in [3.05, 3.63) is 0 Å². The Morgan fingerprint density at radius 1 is 0.404 bits per heavy atom. The fraction of sp³-hybridized carbons (Fsp3) is 0.927. The first-order valence-electron chi connectivity index (χ1n) is 20.3. The number of hydrogen-bond donors (Lipinski definition) is 0. The molecule has 0 aromatic heterocycles. The van der Waals surface area contributed by atoms with E-state index in [2.05, 4.69) is 34.6 Å². The molecule has 6 heteroatoms. The van der Waals surface area contributed by atoms with Crippen molar-refractivity contribution in [3.8, 4) is 0 Å². The van der Waals surface area contributed by atoms with Gasteiger partial charge in [0, 0.05) is 19.3 Å². The van der Waals surface area contributed by atoms with Crippen LogP contribution < -0.4 is 0 Å². The topological polar surface area (TPSA) is 78.9 Å². The summed E-state index contributed by atoms with van der Waals surface area (Å²) in [4.78, 5) is 37.6. The Bertz CT molecular complexity index is 723. The molecule has 0 aliphatic carbocycles. The van der Waals surface area contributed by atoms with Gasteiger partial charge in [-0.25, -0.2) is 0 Å². The van der Waals surface area contributed by atoms with Gasteiger partial charge in [-0.3, -0.25) is 14.4 Å². The van der Waals surface area contributed by atoms with Gasteiger partial charge in [0.05, 0.1) is 0 Å². The van der Waals surface area contributed by atoms with Crippen LogP contribution in [-0.4, -0.2) is 37.2 Å². The van der Waals surface area contributed by atoms with Gasteiger partial charge in [-0.05, 0) is 31.1 Å². The molecule has 3 atom stereocenters. The number of unbranched alkanes of at least 4 members (excludes halogenated alkanes) is 16. The zero-order valence-corrected chi connectivity index (χ0v) is 31.9. The highest BCUT2D eigenvalue weighted by Gasteiger charge is 2.20. The summed E-state index contributed by atoms with van der Waals surface area (Å²) in [6.07, 6.45) is 29.6. The summed E-state index contributed by atoms with van der Waals surface area (Å²) in [7, 11) is 0. The highest BCUT2D eigenvalue weighted by molar-refractivity contribution is 5.71. The van der Waals surface area contributed by atoms with E-state index in [1.807, 2.05) is 0 Å². The van der Waals surface area contributed by atoms with Gasteiger partial charge in [0.2, 0.25) is 0 Å². The minimum absolute atomic E-state index is 0.0698. The zero-order valence-electron chi connectivity index (χ0n) is 31.9. The fourth-order valence-electron chi connectivity index (χ4n) is 6.11. The van der Waals surface area contributed by atoms with Crippen LogP contribution in [0.3, 0.4) is 0 Å². The Labute approximate surface area is 291 Å². The maximum Gasteiger partial charge on any atom is 0.306 e. The minimum atomic E-state index is -0.765. The average molecular weight is 667 g/mol. The molecule has 0 rings (SSSR count). The van der Waals surface area contributed by atoms with Crippen molar-refractivity contribution < 1.29 is 28.6 Å². The molecule has 0 spiro atoms. The van der Waals surface area contributed by atoms with E-state index < -0.39 is 6.10 Å². The molecule has 0 aliphatic rings. The molecule has 0 aliphatic heterocycles. The smallest absolute Gasteiger partial charge is 0.306 e. The molecule has 0 aromatic carbocycles. The largest absolute Gasteiger partial charge is 0.462 e. The molecule has 3 unspecified atom stereocenters. The maximum atomic E-state index is 12.7. The standard InChI is InChI=1S/C41H78O6/c1-6-9-12-15-16-17-18-19-22-31-39(42)45-34-38(47-41(44)33-26-24-30-37(5)28-21-14-11-8-3)35-46-40(43)32-25-23-29-36(4)27-20-13-10-7-2/h36-38H,6-35H2,1-5H3. The predicted molar refractivity (Wildman–Crippen MR) is 196 cm³/mol. The molecule has 0 radical (unpaired) electrons. The highest BCUT2D eigenvalue weighted by atomic mass is 16.6. The lowest BCUT2D eigenvalue weighted by Crippen LogP contribution is -2.30. The van der Waals surface area contributed by atoms with Crippen LogP contribution in [0, 0.1) is 11.8 Å². The molecule has 47 heavy (non-hydrogen) atoms. The van der Waals surface area contributed by atoms with Gasteiger partial charge in [0.25, 0.3) is 0 Å². The van der Waals surface area contributed by atoms with Crippen molar-refractivity contribution in [2.45, 2.75) is 221 Å². The second-order valence-corrected chi connectivity index (χ2v) is 14.5. The molecular weight excluding hydrogens is 588 g/mol. The Morgan fingerprint density at radius 2 is 0.702 bits per heavy atom. The summed E-state index contributed by atoms with van der Waals surface area (Å²) in [5.74, 6) is 0.484. The number of rotatable bonds is 35. The van der Waals surface area contributed by atoms with Crippen LogP contribution in [0.2, 0.25) is 0 Å². The summed E-state index contributed by atoms with van der Waals surface area (Å²) >= 11 is 0. The van der Waals surface area contributed by atoms with Crippen LogP contribution in [0.15, 0.2) is 0 Å². The zero-order chi connectivity index (χ0) is 34.8. The fourth-order valence-corrected chi connectivity index (χ4v) is 6.11. The van der Waals surface area contributed by atoms with Crippen molar-refractivity contribution >= 4 is 17.9 Å². The van der Waals surface area contributed by atoms with Gasteiger partial charge < -0.3 is 14.2 Å². The Hall–Kier alpha value is -1.59. The molecule has 278 valence electrons. The second-order valence-electron chi connectivity index (χ2n) is 14.5.